The van der Waals surface area contributed by atoms with Crippen LogP contribution in [0, 0.1) is 11.8 Å². The maximum absolute atomic E-state index is 12.5. The summed E-state index contributed by atoms with van der Waals surface area (Å²) < 4.78 is 34.3. The van der Waals surface area contributed by atoms with Gasteiger partial charge in [-0.05, 0) is 36.8 Å². The van der Waals surface area contributed by atoms with Crippen LogP contribution in [0.1, 0.15) is 25.7 Å². The first kappa shape index (κ1) is 14.0. The van der Waals surface area contributed by atoms with E-state index in [-0.39, 0.29) is 10.9 Å². The average molecular weight is 322 g/mol. The second-order valence-corrected chi connectivity index (χ2v) is 8.03. The Morgan fingerprint density at radius 1 is 1.23 bits per heavy atom. The molecule has 1 N–H and O–H groups in total. The van der Waals surface area contributed by atoms with Crippen LogP contribution in [0.25, 0.3) is 11.1 Å². The Morgan fingerprint density at radius 3 is 2.59 bits per heavy atom. The van der Waals surface area contributed by atoms with Gasteiger partial charge in [0.1, 0.15) is 0 Å². The van der Waals surface area contributed by atoms with Gasteiger partial charge in [-0.3, -0.25) is 4.57 Å². The summed E-state index contributed by atoms with van der Waals surface area (Å²) in [4.78, 5) is 11.6. The molecular formula is C15H18N2O4S. The van der Waals surface area contributed by atoms with E-state index < -0.39 is 15.8 Å². The van der Waals surface area contributed by atoms with Crippen LogP contribution in [-0.4, -0.2) is 19.0 Å². The van der Waals surface area contributed by atoms with Crippen molar-refractivity contribution >= 4 is 21.1 Å². The number of rotatable bonds is 3. The van der Waals surface area contributed by atoms with Crippen LogP contribution >= 0.6 is 0 Å². The summed E-state index contributed by atoms with van der Waals surface area (Å²) in [5.74, 6) is 0.509. The Bertz CT molecular complexity index is 884. The molecule has 0 saturated heterocycles. The number of aromatic nitrogens is 1. The van der Waals surface area contributed by atoms with Crippen LogP contribution in [0.3, 0.4) is 0 Å². The molecule has 7 heteroatoms. The highest BCUT2D eigenvalue weighted by Crippen LogP contribution is 2.50. The van der Waals surface area contributed by atoms with Gasteiger partial charge in [-0.15, -0.1) is 0 Å². The van der Waals surface area contributed by atoms with Crippen LogP contribution in [-0.2, 0) is 17.1 Å². The van der Waals surface area contributed by atoms with E-state index in [0.29, 0.717) is 22.9 Å². The Morgan fingerprint density at radius 2 is 1.91 bits per heavy atom. The van der Waals surface area contributed by atoms with E-state index in [1.54, 1.807) is 13.1 Å². The number of oxazole rings is 1. The van der Waals surface area contributed by atoms with Crippen molar-refractivity contribution in [2.45, 2.75) is 36.6 Å². The third-order valence-electron chi connectivity index (χ3n) is 5.02. The number of benzene rings is 1. The highest BCUT2D eigenvalue weighted by molar-refractivity contribution is 7.89. The Kier molecular flexibility index (Phi) is 2.99. The fraction of sp³-hybridized carbons (Fsp3) is 0.533. The monoisotopic (exact) mass is 322 g/mol. The van der Waals surface area contributed by atoms with E-state index in [0.717, 1.165) is 12.8 Å². The van der Waals surface area contributed by atoms with Crippen LogP contribution in [0.5, 0.6) is 0 Å². The number of fused-ring (bicyclic) bond motifs is 2. The fourth-order valence-electron chi connectivity index (χ4n) is 3.70. The molecule has 4 rings (SSSR count). The first-order valence-corrected chi connectivity index (χ1v) is 9.07. The van der Waals surface area contributed by atoms with Crippen LogP contribution in [0.4, 0.5) is 0 Å². The van der Waals surface area contributed by atoms with E-state index in [9.17, 15) is 13.2 Å². The number of nitrogens with zero attached hydrogens (tertiary/aromatic N) is 1. The lowest BCUT2D eigenvalue weighted by atomic mass is 10.0. The normalized spacial score (nSPS) is 27.8. The Hall–Kier alpha value is -1.60. The summed E-state index contributed by atoms with van der Waals surface area (Å²) in [6, 6.07) is 4.62. The number of nitrogens with one attached hydrogen (secondary N) is 1. The van der Waals surface area contributed by atoms with Crippen molar-refractivity contribution in [1.82, 2.24) is 9.29 Å². The second-order valence-electron chi connectivity index (χ2n) is 6.32. The molecule has 6 nitrogen and oxygen atoms in total. The van der Waals surface area contributed by atoms with E-state index >= 15 is 0 Å². The molecule has 0 amide bonds. The van der Waals surface area contributed by atoms with Gasteiger partial charge >= 0.3 is 5.76 Å². The predicted octanol–water partition coefficient (Wildman–Crippen LogP) is 1.60. The zero-order valence-corrected chi connectivity index (χ0v) is 13.1. The third-order valence-corrected chi connectivity index (χ3v) is 6.48. The third kappa shape index (κ3) is 2.11. The van der Waals surface area contributed by atoms with Crippen molar-refractivity contribution in [1.29, 1.82) is 0 Å². The minimum atomic E-state index is -3.57. The van der Waals surface area contributed by atoms with Gasteiger partial charge < -0.3 is 4.42 Å². The summed E-state index contributed by atoms with van der Waals surface area (Å²) in [6.07, 6.45) is 4.62. The van der Waals surface area contributed by atoms with Gasteiger partial charge in [0.05, 0.1) is 10.4 Å². The quantitative estimate of drug-likeness (QED) is 0.930. The van der Waals surface area contributed by atoms with Gasteiger partial charge in [-0.25, -0.2) is 17.9 Å². The molecule has 2 aliphatic carbocycles. The molecule has 2 atom stereocenters. The highest BCUT2D eigenvalue weighted by atomic mass is 32.2. The summed E-state index contributed by atoms with van der Waals surface area (Å²) in [6.45, 7) is 0. The van der Waals surface area contributed by atoms with Crippen molar-refractivity contribution in [2.24, 2.45) is 18.9 Å². The summed E-state index contributed by atoms with van der Waals surface area (Å²) in [5, 5.41) is 0. The van der Waals surface area contributed by atoms with Gasteiger partial charge in [0.2, 0.25) is 10.0 Å². The van der Waals surface area contributed by atoms with Crippen LogP contribution < -0.4 is 10.5 Å². The topological polar surface area (TPSA) is 81.3 Å². The zero-order valence-electron chi connectivity index (χ0n) is 12.3. The van der Waals surface area contributed by atoms with E-state index in [1.165, 1.54) is 29.5 Å². The number of aryl methyl sites for hydroxylation is 1. The summed E-state index contributed by atoms with van der Waals surface area (Å²) in [7, 11) is -1.98. The summed E-state index contributed by atoms with van der Waals surface area (Å²) >= 11 is 0. The smallest absolute Gasteiger partial charge is 0.408 e. The molecule has 1 aromatic carbocycles. The van der Waals surface area contributed by atoms with Crippen molar-refractivity contribution in [3.8, 4) is 0 Å². The van der Waals surface area contributed by atoms with Crippen molar-refractivity contribution in [3.63, 3.8) is 0 Å². The fourth-order valence-corrected chi connectivity index (χ4v) is 5.05. The second kappa shape index (κ2) is 4.70. The Labute approximate surface area is 128 Å². The molecule has 2 unspecified atom stereocenters. The first-order valence-electron chi connectivity index (χ1n) is 7.59. The van der Waals surface area contributed by atoms with Crippen molar-refractivity contribution in [2.75, 3.05) is 0 Å². The van der Waals surface area contributed by atoms with Crippen LogP contribution in [0.2, 0.25) is 0 Å². The molecule has 2 fully saturated rings. The summed E-state index contributed by atoms with van der Waals surface area (Å²) in [5.41, 5.74) is 0.882. The molecule has 0 aliphatic heterocycles. The van der Waals surface area contributed by atoms with Gasteiger partial charge in [-0.2, -0.15) is 0 Å². The SMILES string of the molecule is Cn1c(=O)oc2cc(S(=O)(=O)NC3C4CCCCC43)ccc21. The maximum Gasteiger partial charge on any atom is 0.419 e. The average Bonchev–Trinajstić information content (AvgIpc) is 3.10. The highest BCUT2D eigenvalue weighted by Gasteiger charge is 2.52. The van der Waals surface area contributed by atoms with Gasteiger partial charge in [0.25, 0.3) is 0 Å². The van der Waals surface area contributed by atoms with Gasteiger partial charge in [0.15, 0.2) is 5.58 Å². The molecular weight excluding hydrogens is 304 g/mol. The minimum absolute atomic E-state index is 0.0750. The zero-order chi connectivity index (χ0) is 15.5. The molecule has 2 aromatic rings. The van der Waals surface area contributed by atoms with E-state index in [2.05, 4.69) is 4.72 Å². The number of sulfonamides is 1. The molecule has 2 saturated carbocycles. The standard InChI is InChI=1S/C15H18N2O4S/c1-17-12-7-6-9(8-13(12)21-15(17)18)22(19,20)16-14-10-4-2-3-5-11(10)14/h6-8,10-11,14,16H,2-5H2,1H3. The van der Waals surface area contributed by atoms with Crippen LogP contribution in [0.15, 0.2) is 32.3 Å². The molecule has 118 valence electrons. The largest absolute Gasteiger partial charge is 0.419 e. The van der Waals surface area contributed by atoms with Crippen molar-refractivity contribution < 1.29 is 12.8 Å². The number of hydrogen-bond donors (Lipinski definition) is 1. The lowest BCUT2D eigenvalue weighted by Crippen LogP contribution is -2.27. The molecule has 22 heavy (non-hydrogen) atoms. The number of hydrogen-bond acceptors (Lipinski definition) is 4. The lowest BCUT2D eigenvalue weighted by molar-refractivity contribution is 0.480. The molecule has 1 aromatic heterocycles. The molecule has 1 heterocycles. The van der Waals surface area contributed by atoms with E-state index in [4.69, 9.17) is 4.42 Å². The molecule has 0 radical (unpaired) electrons. The van der Waals surface area contributed by atoms with Gasteiger partial charge in [-0.1, -0.05) is 12.8 Å². The maximum atomic E-state index is 12.5. The van der Waals surface area contributed by atoms with E-state index in [1.807, 2.05) is 0 Å². The van der Waals surface area contributed by atoms with Crippen molar-refractivity contribution in [3.05, 3.63) is 28.7 Å². The Balaban J connectivity index is 1.64. The van der Waals surface area contributed by atoms with Gasteiger partial charge in [0, 0.05) is 19.2 Å². The molecule has 2 aliphatic rings. The molecule has 0 bridgehead atoms. The first-order chi connectivity index (χ1) is 10.5. The lowest BCUT2D eigenvalue weighted by Gasteiger charge is -2.06. The minimum Gasteiger partial charge on any atom is -0.408 e. The molecule has 0 spiro atoms. The predicted molar refractivity (Wildman–Crippen MR) is 81.0 cm³/mol.